The van der Waals surface area contributed by atoms with Gasteiger partial charge in [-0.1, -0.05) is 18.2 Å². The van der Waals surface area contributed by atoms with Crippen LogP contribution in [0.1, 0.15) is 39.7 Å². The summed E-state index contributed by atoms with van der Waals surface area (Å²) in [5.74, 6) is 2.02. The Morgan fingerprint density at radius 3 is 2.08 bits per heavy atom. The molecule has 1 aromatic heterocycles. The molecule has 0 aliphatic carbocycles. The fourth-order valence-electron chi connectivity index (χ4n) is 6.46. The minimum atomic E-state index is -2.37. The van der Waals surface area contributed by atoms with Crippen molar-refractivity contribution < 1.29 is 32.8 Å². The van der Waals surface area contributed by atoms with Gasteiger partial charge in [-0.2, -0.15) is 0 Å². The molecule has 2 saturated heterocycles. The molecule has 14 heteroatoms. The fraction of sp³-hybridized carbons (Fsp3) is 0.256. The molecule has 11 nitrogen and oxygen atoms in total. The van der Waals surface area contributed by atoms with Crippen molar-refractivity contribution in [2.24, 2.45) is 0 Å². The van der Waals surface area contributed by atoms with Crippen LogP contribution in [0.2, 0.25) is 0 Å². The molecule has 5 aromatic rings. The summed E-state index contributed by atoms with van der Waals surface area (Å²) in [4.78, 5) is 30.3. The Balaban J connectivity index is 1.21. The van der Waals surface area contributed by atoms with Gasteiger partial charge >= 0.3 is 277 Å². The van der Waals surface area contributed by atoms with Crippen LogP contribution < -0.4 is 20.5 Å². The number of hydrogen-bond acceptors (Lipinski definition) is 10. The van der Waals surface area contributed by atoms with Crippen LogP contribution in [-0.4, -0.2) is 76.4 Å². The molecular weight excluding hydrogens is 780 g/mol. The average Bonchev–Trinajstić information content (AvgIpc) is 3.81. The first kappa shape index (κ1) is 37.3. The van der Waals surface area contributed by atoms with Crippen LogP contribution in [0.3, 0.4) is 0 Å². The van der Waals surface area contributed by atoms with E-state index in [1.54, 1.807) is 62.1 Å². The predicted molar refractivity (Wildman–Crippen MR) is 206 cm³/mol. The number of ether oxygens (including phenoxy) is 4. The summed E-state index contributed by atoms with van der Waals surface area (Å²) in [7, 11) is 3.27. The molecule has 3 heterocycles. The molecule has 2 fully saturated rings. The van der Waals surface area contributed by atoms with Gasteiger partial charge in [0, 0.05) is 0 Å². The fourth-order valence-corrected chi connectivity index (χ4v) is 12.5. The third-order valence-corrected chi connectivity index (χ3v) is 16.0. The van der Waals surface area contributed by atoms with Crippen molar-refractivity contribution in [3.05, 3.63) is 154 Å². The summed E-state index contributed by atoms with van der Waals surface area (Å²) in [6.07, 6.45) is 0.0824. The van der Waals surface area contributed by atoms with E-state index in [0.29, 0.717) is 30.1 Å². The molecule has 2 aliphatic rings. The first-order valence-corrected chi connectivity index (χ1v) is 22.4. The van der Waals surface area contributed by atoms with Crippen LogP contribution in [0.4, 0.5) is 5.82 Å². The van der Waals surface area contributed by atoms with Gasteiger partial charge in [0.2, 0.25) is 0 Å². The number of anilines is 1. The minimum absolute atomic E-state index is 0.0895. The standard InChI is InChI=1S/C39H38N3O8PSSe/c1-45-31-17-13-29(14-18-31)39(28-11-7-4-8-12-28,30-15-19-32(46-2)20-16-30)47-26-34-33(50-51(53)48-23-24-52-51)25-36(49-34)42-22-21-35(41-38(42)44)40-37(43)27-9-5-3-6-10-27/h3-22,33-34,36H,23-26H2,1-2H3,(H,40,41,43,44)/t33-,34+,36+,51?/m0/s1. The monoisotopic (exact) mass is 819 g/mol. The SMILES string of the molecule is COc1ccc(C(OC[C@H]2O[C@@H](n3ccc(NC(=O)c4ccccc4)nc3=O)C[C@@H]2O[P+]2([Se-])OCCS2)(c2ccccc2)c2ccc(OC)cc2)cc1. The maximum atomic E-state index is 13.4. The van der Waals surface area contributed by atoms with Crippen LogP contribution in [0.15, 0.2) is 126 Å². The van der Waals surface area contributed by atoms with E-state index in [2.05, 4.69) is 25.9 Å². The third kappa shape index (κ3) is 8.23. The molecule has 2 aliphatic heterocycles. The molecule has 0 bridgehead atoms. The predicted octanol–water partition coefficient (Wildman–Crippen LogP) is 6.80. The Labute approximate surface area is 320 Å². The van der Waals surface area contributed by atoms with Crippen molar-refractivity contribution in [3.8, 4) is 11.5 Å². The van der Waals surface area contributed by atoms with Crippen molar-refractivity contribution in [2.45, 2.75) is 30.5 Å². The van der Waals surface area contributed by atoms with E-state index >= 15 is 0 Å². The number of carbonyl (C=O) groups excluding carboxylic acids is 1. The number of nitrogens with one attached hydrogen (secondary N) is 1. The van der Waals surface area contributed by atoms with Crippen molar-refractivity contribution in [3.63, 3.8) is 0 Å². The Kier molecular flexibility index (Phi) is 11.6. The molecule has 4 aromatic carbocycles. The summed E-state index contributed by atoms with van der Waals surface area (Å²) in [5.41, 5.74) is -0.930. The topological polar surface area (TPSA) is 119 Å². The maximum absolute atomic E-state index is 13.4. The molecule has 1 amide bonds. The quantitative estimate of drug-likeness (QED) is 0.0772. The number of hydrogen-bond donors (Lipinski definition) is 1. The van der Waals surface area contributed by atoms with E-state index < -0.39 is 35.3 Å². The second-order valence-corrected chi connectivity index (χ2v) is 21.1. The van der Waals surface area contributed by atoms with Gasteiger partial charge in [-0.25, -0.2) is 0 Å². The zero-order valence-corrected chi connectivity index (χ0v) is 32.5. The summed E-state index contributed by atoms with van der Waals surface area (Å²) in [6.45, 7) is 0.668. The van der Waals surface area contributed by atoms with Crippen LogP contribution in [0, 0.1) is 0 Å². The van der Waals surface area contributed by atoms with Gasteiger partial charge in [0.1, 0.15) is 0 Å². The normalized spacial score (nSPS) is 21.3. The molecule has 0 spiro atoms. The van der Waals surface area contributed by atoms with Crippen LogP contribution in [-0.2, 0) is 24.1 Å². The molecule has 4 atom stereocenters. The zero-order chi connectivity index (χ0) is 36.8. The third-order valence-electron chi connectivity index (χ3n) is 9.08. The number of rotatable bonds is 13. The van der Waals surface area contributed by atoms with Crippen molar-refractivity contribution in [1.29, 1.82) is 0 Å². The number of methoxy groups -OCH3 is 2. The van der Waals surface area contributed by atoms with Crippen molar-refractivity contribution >= 4 is 44.3 Å². The van der Waals surface area contributed by atoms with Gasteiger partial charge < -0.3 is 0 Å². The Morgan fingerprint density at radius 2 is 1.51 bits per heavy atom. The first-order chi connectivity index (χ1) is 25.8. The molecule has 7 rings (SSSR count). The van der Waals surface area contributed by atoms with E-state index in [1.807, 2.05) is 84.9 Å². The molecule has 1 N–H and O–H groups in total. The molecule has 53 heavy (non-hydrogen) atoms. The summed E-state index contributed by atoms with van der Waals surface area (Å²) < 4.78 is 39.0. The van der Waals surface area contributed by atoms with E-state index in [4.69, 9.17) is 28.0 Å². The van der Waals surface area contributed by atoms with Crippen molar-refractivity contribution in [2.75, 3.05) is 38.5 Å². The average molecular weight is 819 g/mol. The molecule has 0 saturated carbocycles. The van der Waals surface area contributed by atoms with E-state index in [9.17, 15) is 9.59 Å². The molecular formula is C39H38N3O8PSSe. The summed E-state index contributed by atoms with van der Waals surface area (Å²) in [5, 5.41) is 2.70. The van der Waals surface area contributed by atoms with E-state index in [1.165, 1.54) is 4.57 Å². The number of carbonyl (C=O) groups is 1. The van der Waals surface area contributed by atoms with Crippen LogP contribution in [0.5, 0.6) is 11.5 Å². The Morgan fingerprint density at radius 1 is 0.906 bits per heavy atom. The Bertz CT molecular complexity index is 2000. The van der Waals surface area contributed by atoms with Gasteiger partial charge in [-0.15, -0.1) is 0 Å². The Hall–Kier alpha value is -4.03. The van der Waals surface area contributed by atoms with Crippen LogP contribution in [0.25, 0.3) is 0 Å². The van der Waals surface area contributed by atoms with E-state index in [-0.39, 0.29) is 18.3 Å². The zero-order valence-electron chi connectivity index (χ0n) is 29.0. The van der Waals surface area contributed by atoms with Crippen LogP contribution >= 0.6 is 17.0 Å². The second kappa shape index (κ2) is 16.5. The molecule has 1 unspecified atom stereocenters. The van der Waals surface area contributed by atoms with Gasteiger partial charge in [0.25, 0.3) is 0 Å². The van der Waals surface area contributed by atoms with E-state index in [0.717, 1.165) is 22.4 Å². The van der Waals surface area contributed by atoms with Gasteiger partial charge in [0.05, 0.1) is 14.2 Å². The number of amides is 1. The number of benzene rings is 4. The van der Waals surface area contributed by atoms with Gasteiger partial charge in [-0.3, -0.25) is 0 Å². The van der Waals surface area contributed by atoms with Gasteiger partial charge in [0.15, 0.2) is 0 Å². The van der Waals surface area contributed by atoms with Crippen molar-refractivity contribution in [1.82, 2.24) is 9.55 Å². The number of nitrogens with zero attached hydrogens (tertiary/aromatic N) is 2. The summed E-state index contributed by atoms with van der Waals surface area (Å²) in [6, 6.07) is 36.0. The van der Waals surface area contributed by atoms with Gasteiger partial charge in [-0.05, 0) is 12.1 Å². The second-order valence-electron chi connectivity index (χ2n) is 12.3. The number of aromatic nitrogens is 2. The molecule has 0 radical (unpaired) electrons. The molecule has 274 valence electrons. The first-order valence-electron chi connectivity index (χ1n) is 17.0. The summed E-state index contributed by atoms with van der Waals surface area (Å²) >= 11 is 4.80.